The molecule has 0 aliphatic heterocycles. The van der Waals surface area contributed by atoms with Gasteiger partial charge in [0.25, 0.3) is 5.91 Å². The smallest absolute Gasteiger partial charge is 0.324 e. The Hall–Kier alpha value is -3.25. The molecule has 3 aromatic carbocycles. The summed E-state index contributed by atoms with van der Waals surface area (Å²) in [5.74, 6) is -0.0489. The number of hydrogen-bond acceptors (Lipinski definition) is 5. The lowest BCUT2D eigenvalue weighted by Crippen LogP contribution is -2.29. The fourth-order valence-electron chi connectivity index (χ4n) is 2.72. The van der Waals surface area contributed by atoms with E-state index in [0.29, 0.717) is 6.54 Å². The molecule has 0 bridgehead atoms. The molecule has 0 unspecified atom stereocenters. The van der Waals surface area contributed by atoms with Crippen LogP contribution < -0.4 is 10.1 Å². The van der Waals surface area contributed by atoms with Crippen LogP contribution in [0.4, 0.5) is 0 Å². The summed E-state index contributed by atoms with van der Waals surface area (Å²) in [7, 11) is 1.60. The average molecular weight is 422 g/mol. The van der Waals surface area contributed by atoms with Crippen molar-refractivity contribution in [3.8, 4) is 5.75 Å². The standard InChI is InChI=1S/C24H23NO4S/c1-28-20-14-12-18(13-15-20)16-25-22(26)17-29-24(27)23(19-8-4-2-5-9-19)30-21-10-6-3-7-11-21/h2-15,23H,16-17H2,1H3,(H,25,26)/t23-/m0/s1. The summed E-state index contributed by atoms with van der Waals surface area (Å²) in [6.45, 7) is 0.0227. The van der Waals surface area contributed by atoms with Crippen LogP contribution in [0.15, 0.2) is 89.8 Å². The fourth-order valence-corrected chi connectivity index (χ4v) is 3.77. The van der Waals surface area contributed by atoms with E-state index >= 15 is 0 Å². The highest BCUT2D eigenvalue weighted by Crippen LogP contribution is 2.36. The van der Waals surface area contributed by atoms with Crippen LogP contribution in [0.25, 0.3) is 0 Å². The Labute approximate surface area is 180 Å². The Morgan fingerprint density at radius 2 is 1.53 bits per heavy atom. The molecule has 30 heavy (non-hydrogen) atoms. The minimum atomic E-state index is -0.553. The summed E-state index contributed by atoms with van der Waals surface area (Å²) in [5, 5.41) is 2.20. The maximum Gasteiger partial charge on any atom is 0.324 e. The van der Waals surface area contributed by atoms with E-state index in [-0.39, 0.29) is 12.5 Å². The molecule has 0 aliphatic rings. The van der Waals surface area contributed by atoms with Crippen LogP contribution in [-0.4, -0.2) is 25.6 Å². The first-order valence-corrected chi connectivity index (χ1v) is 10.4. The molecule has 1 atom stereocenters. The highest BCUT2D eigenvalue weighted by atomic mass is 32.2. The second kappa shape index (κ2) is 11.1. The monoisotopic (exact) mass is 421 g/mol. The molecule has 3 aromatic rings. The molecular weight excluding hydrogens is 398 g/mol. The minimum Gasteiger partial charge on any atom is -0.497 e. The number of carbonyl (C=O) groups excluding carboxylic acids is 2. The van der Waals surface area contributed by atoms with Crippen molar-refractivity contribution in [1.29, 1.82) is 0 Å². The van der Waals surface area contributed by atoms with Gasteiger partial charge in [0.2, 0.25) is 0 Å². The highest BCUT2D eigenvalue weighted by molar-refractivity contribution is 8.00. The largest absolute Gasteiger partial charge is 0.497 e. The fraction of sp³-hybridized carbons (Fsp3) is 0.167. The number of nitrogens with one attached hydrogen (secondary N) is 1. The van der Waals surface area contributed by atoms with Crippen molar-refractivity contribution in [2.45, 2.75) is 16.7 Å². The van der Waals surface area contributed by atoms with Gasteiger partial charge in [-0.15, -0.1) is 11.8 Å². The molecule has 0 heterocycles. The van der Waals surface area contributed by atoms with Gasteiger partial charge in [0.05, 0.1) is 7.11 Å². The number of rotatable bonds is 9. The van der Waals surface area contributed by atoms with Gasteiger partial charge < -0.3 is 14.8 Å². The molecular formula is C24H23NO4S. The van der Waals surface area contributed by atoms with Gasteiger partial charge >= 0.3 is 5.97 Å². The third kappa shape index (κ3) is 6.39. The van der Waals surface area contributed by atoms with Crippen molar-refractivity contribution in [3.63, 3.8) is 0 Å². The molecule has 0 aromatic heterocycles. The van der Waals surface area contributed by atoms with Crippen molar-refractivity contribution in [2.75, 3.05) is 13.7 Å². The number of carbonyl (C=O) groups is 2. The van der Waals surface area contributed by atoms with Crippen LogP contribution in [0, 0.1) is 0 Å². The molecule has 5 nitrogen and oxygen atoms in total. The second-order valence-corrected chi connectivity index (χ2v) is 7.63. The Morgan fingerprint density at radius 1 is 0.900 bits per heavy atom. The van der Waals surface area contributed by atoms with E-state index in [9.17, 15) is 9.59 Å². The summed E-state index contributed by atoms with van der Waals surface area (Å²) in [5.41, 5.74) is 1.76. The quantitative estimate of drug-likeness (QED) is 0.410. The second-order valence-electron chi connectivity index (χ2n) is 6.45. The molecule has 1 amide bonds. The number of thioether (sulfide) groups is 1. The summed E-state index contributed by atoms with van der Waals surface area (Å²) in [4.78, 5) is 25.9. The molecule has 0 saturated heterocycles. The topological polar surface area (TPSA) is 64.6 Å². The number of benzene rings is 3. The zero-order valence-electron chi connectivity index (χ0n) is 16.6. The predicted octanol–water partition coefficient (Wildman–Crippen LogP) is 4.39. The van der Waals surface area contributed by atoms with Gasteiger partial charge in [-0.1, -0.05) is 60.7 Å². The maximum absolute atomic E-state index is 12.8. The summed E-state index contributed by atoms with van der Waals surface area (Å²) >= 11 is 1.40. The summed E-state index contributed by atoms with van der Waals surface area (Å²) in [6.07, 6.45) is 0. The lowest BCUT2D eigenvalue weighted by Gasteiger charge is -2.16. The third-order valence-corrected chi connectivity index (χ3v) is 5.55. The molecule has 154 valence electrons. The van der Waals surface area contributed by atoms with Crippen LogP contribution >= 0.6 is 11.8 Å². The number of amides is 1. The van der Waals surface area contributed by atoms with Gasteiger partial charge in [-0.2, -0.15) is 0 Å². The van der Waals surface area contributed by atoms with Gasteiger partial charge in [-0.3, -0.25) is 9.59 Å². The lowest BCUT2D eigenvalue weighted by molar-refractivity contribution is -0.148. The third-order valence-electron chi connectivity index (χ3n) is 4.31. The lowest BCUT2D eigenvalue weighted by atomic mass is 10.1. The Bertz CT molecular complexity index is 946. The van der Waals surface area contributed by atoms with E-state index in [0.717, 1.165) is 21.8 Å². The zero-order valence-corrected chi connectivity index (χ0v) is 17.4. The highest BCUT2D eigenvalue weighted by Gasteiger charge is 2.24. The van der Waals surface area contributed by atoms with Gasteiger partial charge in [0, 0.05) is 11.4 Å². The molecule has 6 heteroatoms. The van der Waals surface area contributed by atoms with E-state index < -0.39 is 11.2 Å². The van der Waals surface area contributed by atoms with Crippen LogP contribution in [0.2, 0.25) is 0 Å². The van der Waals surface area contributed by atoms with E-state index in [4.69, 9.17) is 9.47 Å². The Balaban J connectivity index is 1.56. The van der Waals surface area contributed by atoms with Gasteiger partial charge in [0.1, 0.15) is 11.0 Å². The van der Waals surface area contributed by atoms with Gasteiger partial charge in [0.15, 0.2) is 6.61 Å². The van der Waals surface area contributed by atoms with Crippen LogP contribution in [-0.2, 0) is 20.9 Å². The first-order chi connectivity index (χ1) is 14.7. The van der Waals surface area contributed by atoms with Crippen molar-refractivity contribution in [1.82, 2.24) is 5.32 Å². The molecule has 3 rings (SSSR count). The molecule has 0 aliphatic carbocycles. The normalized spacial score (nSPS) is 11.4. The first-order valence-electron chi connectivity index (χ1n) is 9.48. The summed E-state index contributed by atoms with van der Waals surface area (Å²) in [6, 6.07) is 26.4. The number of ether oxygens (including phenoxy) is 2. The van der Waals surface area contributed by atoms with Crippen molar-refractivity contribution >= 4 is 23.6 Å². The molecule has 0 saturated carbocycles. The van der Waals surface area contributed by atoms with E-state index in [1.165, 1.54) is 11.8 Å². The van der Waals surface area contributed by atoms with E-state index in [1.54, 1.807) is 7.11 Å². The van der Waals surface area contributed by atoms with E-state index in [2.05, 4.69) is 5.32 Å². The van der Waals surface area contributed by atoms with Gasteiger partial charge in [-0.25, -0.2) is 0 Å². The molecule has 0 radical (unpaired) electrons. The Kier molecular flexibility index (Phi) is 7.92. The molecule has 0 fully saturated rings. The van der Waals surface area contributed by atoms with Crippen LogP contribution in [0.3, 0.4) is 0 Å². The maximum atomic E-state index is 12.8. The van der Waals surface area contributed by atoms with Crippen LogP contribution in [0.1, 0.15) is 16.4 Å². The molecule has 0 spiro atoms. The van der Waals surface area contributed by atoms with Gasteiger partial charge in [-0.05, 0) is 35.4 Å². The summed E-state index contributed by atoms with van der Waals surface area (Å²) < 4.78 is 10.4. The van der Waals surface area contributed by atoms with Crippen molar-refractivity contribution < 1.29 is 19.1 Å². The first kappa shape index (κ1) is 21.5. The number of hydrogen-bond donors (Lipinski definition) is 1. The van der Waals surface area contributed by atoms with Crippen LogP contribution in [0.5, 0.6) is 5.75 Å². The molecule has 1 N–H and O–H groups in total. The van der Waals surface area contributed by atoms with Crippen molar-refractivity contribution in [3.05, 3.63) is 96.1 Å². The minimum absolute atomic E-state index is 0.326. The Morgan fingerprint density at radius 3 is 2.17 bits per heavy atom. The average Bonchev–Trinajstić information content (AvgIpc) is 2.81. The van der Waals surface area contributed by atoms with Crippen molar-refractivity contribution in [2.24, 2.45) is 0 Å². The number of methoxy groups -OCH3 is 1. The zero-order chi connectivity index (χ0) is 21.2. The number of esters is 1. The SMILES string of the molecule is COc1ccc(CNC(=O)COC(=O)[C@@H](Sc2ccccc2)c2ccccc2)cc1. The predicted molar refractivity (Wildman–Crippen MR) is 117 cm³/mol. The van der Waals surface area contributed by atoms with E-state index in [1.807, 2.05) is 84.9 Å².